The van der Waals surface area contributed by atoms with Crippen LogP contribution in [0.5, 0.6) is 0 Å². The third-order valence-corrected chi connectivity index (χ3v) is 5.88. The smallest absolute Gasteiger partial charge is 0.162 e. The average molecular weight is 284 g/mol. The van der Waals surface area contributed by atoms with Gasteiger partial charge < -0.3 is 0 Å². The standard InChI is InChI=1S/C18H24N2O/c21-17(15-8-7-14-6-5-11-19-16(14)15)18(9-1-2-10-18)20-12-3-4-13-20/h5-6,11,15H,1-4,7-10,12-13H2. The summed E-state index contributed by atoms with van der Waals surface area (Å²) in [5, 5.41) is 0. The predicted molar refractivity (Wildman–Crippen MR) is 82.3 cm³/mol. The van der Waals surface area contributed by atoms with Gasteiger partial charge in [0, 0.05) is 6.20 Å². The number of Topliss-reactive ketones (excluding diaryl/α,β-unsaturated/α-hetero) is 1. The zero-order valence-corrected chi connectivity index (χ0v) is 12.7. The summed E-state index contributed by atoms with van der Waals surface area (Å²) in [6.07, 6.45) is 10.9. The van der Waals surface area contributed by atoms with Gasteiger partial charge in [0.05, 0.1) is 17.2 Å². The lowest BCUT2D eigenvalue weighted by molar-refractivity contribution is -0.132. The third-order valence-electron chi connectivity index (χ3n) is 5.88. The topological polar surface area (TPSA) is 33.2 Å². The van der Waals surface area contributed by atoms with E-state index in [-0.39, 0.29) is 11.5 Å². The maximum atomic E-state index is 13.4. The molecule has 1 unspecified atom stereocenters. The number of aromatic nitrogens is 1. The molecule has 3 heteroatoms. The van der Waals surface area contributed by atoms with Gasteiger partial charge in [-0.3, -0.25) is 14.7 Å². The minimum Gasteiger partial charge on any atom is -0.297 e. The molecule has 0 amide bonds. The summed E-state index contributed by atoms with van der Waals surface area (Å²) >= 11 is 0. The quantitative estimate of drug-likeness (QED) is 0.855. The van der Waals surface area contributed by atoms with Crippen molar-refractivity contribution in [1.82, 2.24) is 9.88 Å². The maximum absolute atomic E-state index is 13.4. The van der Waals surface area contributed by atoms with Gasteiger partial charge in [-0.25, -0.2) is 0 Å². The van der Waals surface area contributed by atoms with Gasteiger partial charge in [-0.15, -0.1) is 0 Å². The van der Waals surface area contributed by atoms with Crippen LogP contribution in [0.3, 0.4) is 0 Å². The minimum absolute atomic E-state index is 0.0555. The molecule has 1 saturated heterocycles. The van der Waals surface area contributed by atoms with Crippen LogP contribution in [0.2, 0.25) is 0 Å². The van der Waals surface area contributed by atoms with Gasteiger partial charge in [-0.05, 0) is 63.2 Å². The van der Waals surface area contributed by atoms with Gasteiger partial charge in [0.25, 0.3) is 0 Å². The van der Waals surface area contributed by atoms with Crippen molar-refractivity contribution in [2.45, 2.75) is 62.8 Å². The van der Waals surface area contributed by atoms with E-state index in [1.165, 1.54) is 31.2 Å². The van der Waals surface area contributed by atoms with Crippen LogP contribution in [-0.4, -0.2) is 34.3 Å². The number of fused-ring (bicyclic) bond motifs is 1. The highest BCUT2D eigenvalue weighted by molar-refractivity contribution is 5.95. The van der Waals surface area contributed by atoms with E-state index in [1.54, 1.807) is 0 Å². The Kier molecular flexibility index (Phi) is 3.33. The molecule has 1 aromatic rings. The first kappa shape index (κ1) is 13.4. The fraction of sp³-hybridized carbons (Fsp3) is 0.667. The molecule has 2 heterocycles. The van der Waals surface area contributed by atoms with E-state index in [4.69, 9.17) is 0 Å². The van der Waals surface area contributed by atoms with Gasteiger partial charge >= 0.3 is 0 Å². The summed E-state index contributed by atoms with van der Waals surface area (Å²) in [7, 11) is 0. The van der Waals surface area contributed by atoms with Crippen LogP contribution in [0.25, 0.3) is 0 Å². The predicted octanol–water partition coefficient (Wildman–Crippen LogP) is 3.09. The van der Waals surface area contributed by atoms with E-state index in [0.717, 1.165) is 44.5 Å². The lowest BCUT2D eigenvalue weighted by Gasteiger charge is -2.39. The highest BCUT2D eigenvalue weighted by Crippen LogP contribution is 2.44. The van der Waals surface area contributed by atoms with Gasteiger partial charge in [0.1, 0.15) is 0 Å². The third kappa shape index (κ3) is 2.05. The van der Waals surface area contributed by atoms with Gasteiger partial charge in [-0.1, -0.05) is 18.9 Å². The molecule has 2 fully saturated rings. The second kappa shape index (κ2) is 5.20. The number of likely N-dealkylation sites (tertiary alicyclic amines) is 1. The Hall–Kier alpha value is -1.22. The molecule has 1 atom stereocenters. The molecule has 1 aliphatic heterocycles. The monoisotopic (exact) mass is 284 g/mol. The second-order valence-electron chi connectivity index (χ2n) is 6.94. The largest absolute Gasteiger partial charge is 0.297 e. The Morgan fingerprint density at radius 1 is 1.19 bits per heavy atom. The van der Waals surface area contributed by atoms with Crippen molar-refractivity contribution in [2.24, 2.45) is 0 Å². The molecule has 1 saturated carbocycles. The first-order chi connectivity index (χ1) is 10.3. The Balaban J connectivity index is 1.66. The molecular formula is C18H24N2O. The van der Waals surface area contributed by atoms with Crippen LogP contribution >= 0.6 is 0 Å². The molecule has 3 aliphatic rings. The van der Waals surface area contributed by atoms with Crippen LogP contribution in [0.1, 0.15) is 62.1 Å². The minimum atomic E-state index is -0.152. The molecule has 3 nitrogen and oxygen atoms in total. The van der Waals surface area contributed by atoms with E-state index >= 15 is 0 Å². The lowest BCUT2D eigenvalue weighted by Crippen LogP contribution is -2.53. The molecule has 1 aromatic heterocycles. The molecule has 4 rings (SSSR count). The van der Waals surface area contributed by atoms with Crippen molar-refractivity contribution in [3.63, 3.8) is 0 Å². The molecule has 0 N–H and O–H groups in total. The van der Waals surface area contributed by atoms with E-state index in [1.807, 2.05) is 12.3 Å². The molecule has 0 spiro atoms. The number of carbonyl (C=O) groups is 1. The fourth-order valence-electron chi connectivity index (χ4n) is 4.82. The first-order valence-corrected chi connectivity index (χ1v) is 8.54. The van der Waals surface area contributed by atoms with E-state index < -0.39 is 0 Å². The number of hydrogen-bond acceptors (Lipinski definition) is 3. The molecule has 0 aromatic carbocycles. The van der Waals surface area contributed by atoms with Crippen LogP contribution in [0, 0.1) is 0 Å². The number of rotatable bonds is 3. The normalized spacial score (nSPS) is 27.9. The molecule has 2 aliphatic carbocycles. The number of nitrogens with zero attached hydrogens (tertiary/aromatic N) is 2. The first-order valence-electron chi connectivity index (χ1n) is 8.54. The fourth-order valence-corrected chi connectivity index (χ4v) is 4.82. The van der Waals surface area contributed by atoms with Crippen LogP contribution in [0.4, 0.5) is 0 Å². The van der Waals surface area contributed by atoms with Crippen molar-refractivity contribution in [2.75, 3.05) is 13.1 Å². The van der Waals surface area contributed by atoms with Crippen LogP contribution in [-0.2, 0) is 11.2 Å². The SMILES string of the molecule is O=C(C1CCc2cccnc21)C1(N2CCCC2)CCCC1. The zero-order valence-electron chi connectivity index (χ0n) is 12.7. The van der Waals surface area contributed by atoms with Crippen molar-refractivity contribution in [1.29, 1.82) is 0 Å². The van der Waals surface area contributed by atoms with E-state index in [0.29, 0.717) is 5.78 Å². The van der Waals surface area contributed by atoms with Crippen molar-refractivity contribution >= 4 is 5.78 Å². The number of hydrogen-bond donors (Lipinski definition) is 0. The van der Waals surface area contributed by atoms with E-state index in [9.17, 15) is 4.79 Å². The van der Waals surface area contributed by atoms with Gasteiger partial charge in [0.15, 0.2) is 5.78 Å². The summed E-state index contributed by atoms with van der Waals surface area (Å²) in [4.78, 5) is 20.5. The second-order valence-corrected chi connectivity index (χ2v) is 6.94. The van der Waals surface area contributed by atoms with Crippen molar-refractivity contribution in [3.8, 4) is 0 Å². The summed E-state index contributed by atoms with van der Waals surface area (Å²) < 4.78 is 0. The van der Waals surface area contributed by atoms with Crippen LogP contribution in [0.15, 0.2) is 18.3 Å². The average Bonchev–Trinajstić information content (AvgIpc) is 3.25. The van der Waals surface area contributed by atoms with E-state index in [2.05, 4.69) is 16.0 Å². The summed E-state index contributed by atoms with van der Waals surface area (Å²) in [5.74, 6) is 0.541. The lowest BCUT2D eigenvalue weighted by atomic mass is 9.81. The summed E-state index contributed by atoms with van der Waals surface area (Å²) in [6, 6.07) is 4.14. The Labute approximate surface area is 126 Å². The molecule has 112 valence electrons. The van der Waals surface area contributed by atoms with Crippen LogP contribution < -0.4 is 0 Å². The summed E-state index contributed by atoms with van der Waals surface area (Å²) in [5.41, 5.74) is 2.22. The Morgan fingerprint density at radius 2 is 1.95 bits per heavy atom. The maximum Gasteiger partial charge on any atom is 0.162 e. The molecular weight excluding hydrogens is 260 g/mol. The van der Waals surface area contributed by atoms with Crippen molar-refractivity contribution in [3.05, 3.63) is 29.6 Å². The van der Waals surface area contributed by atoms with Gasteiger partial charge in [0.2, 0.25) is 0 Å². The number of carbonyl (C=O) groups excluding carboxylic acids is 1. The zero-order chi connectivity index (χ0) is 14.3. The Morgan fingerprint density at radius 3 is 2.71 bits per heavy atom. The summed E-state index contributed by atoms with van der Waals surface area (Å²) in [6.45, 7) is 2.24. The molecule has 21 heavy (non-hydrogen) atoms. The Bertz CT molecular complexity index is 542. The number of aryl methyl sites for hydroxylation is 1. The van der Waals surface area contributed by atoms with Crippen molar-refractivity contribution < 1.29 is 4.79 Å². The number of pyridine rings is 1. The number of ketones is 1. The highest BCUT2D eigenvalue weighted by atomic mass is 16.1. The molecule has 0 radical (unpaired) electrons. The molecule has 0 bridgehead atoms. The highest BCUT2D eigenvalue weighted by Gasteiger charge is 2.50. The van der Waals surface area contributed by atoms with Gasteiger partial charge in [-0.2, -0.15) is 0 Å².